The molecule has 3 fully saturated rings. The van der Waals surface area contributed by atoms with Gasteiger partial charge in [-0.2, -0.15) is 0 Å². The van der Waals surface area contributed by atoms with Gasteiger partial charge < -0.3 is 73.7 Å². The minimum atomic E-state index is -0.930. The number of nitrogens with one attached hydrogen (secondary N) is 4. The van der Waals surface area contributed by atoms with Gasteiger partial charge in [0.05, 0.1) is 24.4 Å². The number of Topliss-reactive ketones (excluding diaryl/α,β-unsaturated/α-hetero) is 1. The second kappa shape index (κ2) is 43.9. The molecule has 90 heavy (non-hydrogen) atoms. The molecule has 0 saturated carbocycles. The van der Waals surface area contributed by atoms with Crippen molar-refractivity contribution in [2.24, 2.45) is 59.2 Å². The summed E-state index contributed by atoms with van der Waals surface area (Å²) in [7, 11) is 0. The molecule has 3 aliphatic heterocycles. The highest BCUT2D eigenvalue weighted by molar-refractivity contribution is 5.92. The first-order valence-electron chi connectivity index (χ1n) is 33.5. The lowest BCUT2D eigenvalue weighted by Gasteiger charge is -2.43. The smallest absolute Gasteiger partial charge is 0.307 e. The van der Waals surface area contributed by atoms with Crippen LogP contribution in [0.1, 0.15) is 199 Å². The molecule has 3 rings (SSSR count). The van der Waals surface area contributed by atoms with Gasteiger partial charge >= 0.3 is 23.9 Å². The molecule has 518 valence electrons. The number of hydrogen-bond donors (Lipinski definition) is 5. The van der Waals surface area contributed by atoms with Gasteiger partial charge in [0, 0.05) is 116 Å². The zero-order valence-corrected chi connectivity index (χ0v) is 56.3. The standard InChI is InChI=1S/C66H114N4O20/c1-41-44(4)56(37-84-50(10)72)88-64(47(41)7)81-33-20-15-26-59(76)67-30-18-13-24-53(63(80)69-32-23-29-62(79)87-40-71)36-55(75)54(70-61(78)28-17-22-35-83-66-49(9)43(3)46(6)58(90-66)39-86-52(12)74)25-14-19-31-68-60(77)27-16-21-34-82-65-48(8)42(2)45(5)57(89-65)38-85-51(11)73/h41-49,53-54,56-58,64-66,71H,13-40H2,1-12H3,(H,67,76)(H,68,77)(H,69,80)(H,70,78)/t41-,42-,43-,44+,45+,46+,47?,48?,49?,53?,54?,56?,57?,58?,64+,65+,66+/m0/s1. The molecule has 0 aromatic rings. The van der Waals surface area contributed by atoms with Crippen molar-refractivity contribution in [3.05, 3.63) is 0 Å². The van der Waals surface area contributed by atoms with Gasteiger partial charge in [-0.3, -0.25) is 43.2 Å². The van der Waals surface area contributed by atoms with Crippen LogP contribution in [0.25, 0.3) is 0 Å². The summed E-state index contributed by atoms with van der Waals surface area (Å²) >= 11 is 0. The molecular weight excluding hydrogens is 1170 g/mol. The van der Waals surface area contributed by atoms with Crippen molar-refractivity contribution in [3.8, 4) is 0 Å². The Kier molecular flexibility index (Phi) is 38.7. The number of carbonyl (C=O) groups excluding carboxylic acids is 9. The van der Waals surface area contributed by atoms with Crippen LogP contribution >= 0.6 is 0 Å². The fourth-order valence-corrected chi connectivity index (χ4v) is 11.6. The van der Waals surface area contributed by atoms with E-state index in [4.69, 9.17) is 47.7 Å². The number of rotatable bonds is 44. The summed E-state index contributed by atoms with van der Waals surface area (Å²) in [6, 6.07) is -0.930. The summed E-state index contributed by atoms with van der Waals surface area (Å²) in [4.78, 5) is 114. The molecule has 0 aromatic heterocycles. The first-order valence-corrected chi connectivity index (χ1v) is 33.5. The Morgan fingerprint density at radius 1 is 0.411 bits per heavy atom. The first-order chi connectivity index (χ1) is 42.8. The zero-order chi connectivity index (χ0) is 66.7. The quantitative estimate of drug-likeness (QED) is 0.0175. The van der Waals surface area contributed by atoms with Gasteiger partial charge in [-0.05, 0) is 113 Å². The lowest BCUT2D eigenvalue weighted by Crippen LogP contribution is -2.47. The molecule has 3 heterocycles. The predicted molar refractivity (Wildman–Crippen MR) is 332 cm³/mol. The number of aliphatic hydroxyl groups excluding tert-OH is 1. The average molecular weight is 1280 g/mol. The summed E-state index contributed by atoms with van der Waals surface area (Å²) < 4.78 is 57.3. The van der Waals surface area contributed by atoms with Gasteiger partial charge in [0.15, 0.2) is 31.4 Å². The predicted octanol–water partition coefficient (Wildman–Crippen LogP) is 7.16. The Balaban J connectivity index is 1.57. The van der Waals surface area contributed by atoms with Crippen molar-refractivity contribution in [2.75, 3.05) is 66.1 Å². The minimum Gasteiger partial charge on any atom is -0.463 e. The number of carbonyl (C=O) groups is 9. The van der Waals surface area contributed by atoms with Crippen LogP contribution in [0.2, 0.25) is 0 Å². The minimum absolute atomic E-state index is 0.0415. The van der Waals surface area contributed by atoms with E-state index in [1.54, 1.807) is 0 Å². The van der Waals surface area contributed by atoms with E-state index in [1.807, 2.05) is 0 Å². The number of unbranched alkanes of at least 4 members (excludes halogenated alkanes) is 5. The zero-order valence-electron chi connectivity index (χ0n) is 56.3. The normalized spacial score (nSPS) is 27.3. The third kappa shape index (κ3) is 30.3. The average Bonchev–Trinajstić information content (AvgIpc) is 1.93. The Morgan fingerprint density at radius 2 is 0.789 bits per heavy atom. The third-order valence-corrected chi connectivity index (χ3v) is 18.7. The maximum atomic E-state index is 14.4. The van der Waals surface area contributed by atoms with Gasteiger partial charge in [0.1, 0.15) is 19.8 Å². The molecule has 0 radical (unpaired) electrons. The van der Waals surface area contributed by atoms with E-state index in [-0.39, 0.29) is 184 Å². The van der Waals surface area contributed by atoms with E-state index in [9.17, 15) is 43.2 Å². The SMILES string of the molecule is CC(=O)OCC1O[C@@H](OCCCCC(=O)NCCCCC(CC(=O)C(CCCCNC(=O)CCCCO[C@@H]2OC(COC(C)=O)[C@H](C)[C@H](C)C2C)NC(=O)CCCCO[C@@H]2OC(COC(C)=O)[C@H](C)[C@H](C)C2C)C(=O)NCCCC(=O)OCO)C(C)[C@@H](C)[C@H]1C. The molecule has 0 aliphatic carbocycles. The molecule has 0 bridgehead atoms. The van der Waals surface area contributed by atoms with Crippen molar-refractivity contribution in [2.45, 2.75) is 242 Å². The molecule has 3 aliphatic rings. The lowest BCUT2D eigenvalue weighted by molar-refractivity contribution is -0.255. The van der Waals surface area contributed by atoms with Crippen LogP contribution in [-0.4, -0.2) is 168 Å². The van der Waals surface area contributed by atoms with Crippen molar-refractivity contribution >= 4 is 53.3 Å². The summed E-state index contributed by atoms with van der Waals surface area (Å²) in [6.07, 6.45) is 4.40. The van der Waals surface area contributed by atoms with E-state index in [0.29, 0.717) is 104 Å². The molecule has 8 unspecified atom stereocenters. The van der Waals surface area contributed by atoms with E-state index >= 15 is 0 Å². The molecule has 4 amide bonds. The fraction of sp³-hybridized carbons (Fsp3) is 0.864. The van der Waals surface area contributed by atoms with Crippen molar-refractivity contribution in [3.63, 3.8) is 0 Å². The third-order valence-electron chi connectivity index (χ3n) is 18.7. The first kappa shape index (κ1) is 79.4. The Labute approximate surface area is 535 Å². The van der Waals surface area contributed by atoms with Crippen molar-refractivity contribution in [1.29, 1.82) is 0 Å². The number of ketones is 1. The summed E-state index contributed by atoms with van der Waals surface area (Å²) in [5.41, 5.74) is 0. The van der Waals surface area contributed by atoms with Gasteiger partial charge in [0.2, 0.25) is 23.6 Å². The number of hydrogen-bond acceptors (Lipinski definition) is 20. The van der Waals surface area contributed by atoms with Crippen LogP contribution in [0, 0.1) is 59.2 Å². The second-order valence-electron chi connectivity index (χ2n) is 25.5. The summed E-state index contributed by atoms with van der Waals surface area (Å²) in [5.74, 6) is -2.21. The molecule has 0 spiro atoms. The maximum absolute atomic E-state index is 14.4. The van der Waals surface area contributed by atoms with E-state index in [1.165, 1.54) is 20.8 Å². The van der Waals surface area contributed by atoms with Crippen LogP contribution < -0.4 is 21.3 Å². The second-order valence-corrected chi connectivity index (χ2v) is 25.5. The molecule has 17 atom stereocenters. The van der Waals surface area contributed by atoms with Gasteiger partial charge in [-0.15, -0.1) is 0 Å². The number of ether oxygens (including phenoxy) is 10. The fourth-order valence-electron chi connectivity index (χ4n) is 11.6. The maximum Gasteiger partial charge on any atom is 0.307 e. The highest BCUT2D eigenvalue weighted by Gasteiger charge is 2.43. The number of aliphatic hydroxyl groups is 1. The molecule has 24 heteroatoms. The van der Waals surface area contributed by atoms with Crippen molar-refractivity contribution in [1.82, 2.24) is 21.3 Å². The lowest BCUT2D eigenvalue weighted by atomic mass is 9.79. The molecular formula is C66H114N4O20. The summed E-state index contributed by atoms with van der Waals surface area (Å²) in [6.45, 7) is 24.6. The van der Waals surface area contributed by atoms with Gasteiger partial charge in [-0.25, -0.2) is 0 Å². The van der Waals surface area contributed by atoms with Crippen LogP contribution in [0.4, 0.5) is 0 Å². The van der Waals surface area contributed by atoms with Crippen molar-refractivity contribution < 1.29 is 95.6 Å². The molecule has 0 aromatic carbocycles. The molecule has 5 N–H and O–H groups in total. The largest absolute Gasteiger partial charge is 0.463 e. The Hall–Kier alpha value is -4.85. The molecule has 3 saturated heterocycles. The molecule has 24 nitrogen and oxygen atoms in total. The van der Waals surface area contributed by atoms with E-state index in [0.717, 1.165) is 0 Å². The van der Waals surface area contributed by atoms with Gasteiger partial charge in [0.25, 0.3) is 0 Å². The highest BCUT2D eigenvalue weighted by Crippen LogP contribution is 2.38. The Bertz CT molecular complexity index is 2170. The monoisotopic (exact) mass is 1280 g/mol. The van der Waals surface area contributed by atoms with Crippen LogP contribution in [0.15, 0.2) is 0 Å². The Morgan fingerprint density at radius 3 is 1.18 bits per heavy atom. The van der Waals surface area contributed by atoms with Crippen LogP contribution in [0.5, 0.6) is 0 Å². The number of amides is 4. The highest BCUT2D eigenvalue weighted by atomic mass is 16.7. The van der Waals surface area contributed by atoms with Crippen LogP contribution in [0.3, 0.4) is 0 Å². The number of esters is 4. The van der Waals surface area contributed by atoms with E-state index < -0.39 is 49.5 Å². The van der Waals surface area contributed by atoms with Crippen LogP contribution in [-0.2, 0) is 90.5 Å². The van der Waals surface area contributed by atoms with Gasteiger partial charge in [-0.1, -0.05) is 68.7 Å². The van der Waals surface area contributed by atoms with E-state index in [2.05, 4.69) is 88.3 Å². The summed E-state index contributed by atoms with van der Waals surface area (Å²) in [5, 5.41) is 20.7. The topological polar surface area (TPSA) is 314 Å².